The predicted octanol–water partition coefficient (Wildman–Crippen LogP) is -1.25. The summed E-state index contributed by atoms with van der Waals surface area (Å²) in [6.45, 7) is 2.56. The number of hydrogen-bond acceptors (Lipinski definition) is 5. The monoisotopic (exact) mass is 252 g/mol. The Morgan fingerprint density at radius 1 is 1.56 bits per heavy atom. The zero-order chi connectivity index (χ0) is 12.2. The van der Waals surface area contributed by atoms with Crippen molar-refractivity contribution < 1.29 is 18.3 Å². The van der Waals surface area contributed by atoms with Crippen LogP contribution in [-0.4, -0.2) is 62.0 Å². The molecule has 0 saturated carbocycles. The molecule has 0 spiro atoms. The largest absolute Gasteiger partial charge is 0.394 e. The smallest absolute Gasteiger partial charge is 0.214 e. The van der Waals surface area contributed by atoms with Gasteiger partial charge in [-0.05, 0) is 19.9 Å². The molecule has 0 aliphatic carbocycles. The lowest BCUT2D eigenvalue weighted by Crippen LogP contribution is -2.52. The molecule has 2 atom stereocenters. The highest BCUT2D eigenvalue weighted by Crippen LogP contribution is 2.16. The lowest BCUT2D eigenvalue weighted by Gasteiger charge is -2.36. The average Bonchev–Trinajstić information content (AvgIpc) is 2.27. The summed E-state index contributed by atoms with van der Waals surface area (Å²) in [6, 6.07) is -0.175. The standard InChI is InChI=1S/C9H20N2O4S/c1-8-7-15-9(6-12)5-11(8)16(13,14)4-2-3-10/h8-9,12H,2-7,10H2,1H3. The summed E-state index contributed by atoms with van der Waals surface area (Å²) < 4.78 is 30.6. The highest BCUT2D eigenvalue weighted by Gasteiger charge is 2.33. The van der Waals surface area contributed by atoms with Crippen molar-refractivity contribution in [1.29, 1.82) is 0 Å². The van der Waals surface area contributed by atoms with Crippen LogP contribution >= 0.6 is 0 Å². The molecule has 1 aliphatic rings. The van der Waals surface area contributed by atoms with Gasteiger partial charge in [0.1, 0.15) is 0 Å². The van der Waals surface area contributed by atoms with Crippen LogP contribution in [0.3, 0.4) is 0 Å². The number of nitrogens with zero attached hydrogens (tertiary/aromatic N) is 1. The average molecular weight is 252 g/mol. The van der Waals surface area contributed by atoms with E-state index in [0.29, 0.717) is 19.6 Å². The molecule has 1 rings (SSSR count). The molecule has 16 heavy (non-hydrogen) atoms. The molecule has 6 nitrogen and oxygen atoms in total. The molecular weight excluding hydrogens is 232 g/mol. The number of ether oxygens (including phenoxy) is 1. The Morgan fingerprint density at radius 3 is 2.81 bits per heavy atom. The van der Waals surface area contributed by atoms with E-state index >= 15 is 0 Å². The quantitative estimate of drug-likeness (QED) is 0.637. The molecule has 1 heterocycles. The Kier molecular flexibility index (Phi) is 5.13. The Labute approximate surface area is 96.4 Å². The number of hydrogen-bond donors (Lipinski definition) is 2. The number of nitrogens with two attached hydrogens (primary N) is 1. The first kappa shape index (κ1) is 13.9. The van der Waals surface area contributed by atoms with Crippen LogP contribution in [0.25, 0.3) is 0 Å². The maximum Gasteiger partial charge on any atom is 0.214 e. The van der Waals surface area contributed by atoms with Crippen molar-refractivity contribution in [3.8, 4) is 0 Å². The van der Waals surface area contributed by atoms with Gasteiger partial charge in [-0.2, -0.15) is 4.31 Å². The maximum atomic E-state index is 11.9. The summed E-state index contributed by atoms with van der Waals surface area (Å²) in [5.74, 6) is 0.0615. The molecule has 0 radical (unpaired) electrons. The Morgan fingerprint density at radius 2 is 2.25 bits per heavy atom. The van der Waals surface area contributed by atoms with E-state index in [1.54, 1.807) is 6.92 Å². The molecule has 1 saturated heterocycles. The van der Waals surface area contributed by atoms with Crippen LogP contribution in [-0.2, 0) is 14.8 Å². The number of aliphatic hydroxyl groups excluding tert-OH is 1. The molecule has 2 unspecified atom stereocenters. The Balaban J connectivity index is 2.68. The van der Waals surface area contributed by atoms with Gasteiger partial charge in [-0.25, -0.2) is 8.42 Å². The Bertz CT molecular complexity index is 307. The van der Waals surface area contributed by atoms with Crippen molar-refractivity contribution in [2.24, 2.45) is 5.73 Å². The predicted molar refractivity (Wildman–Crippen MR) is 60.5 cm³/mol. The third-order valence-electron chi connectivity index (χ3n) is 2.62. The molecule has 0 bridgehead atoms. The highest BCUT2D eigenvalue weighted by molar-refractivity contribution is 7.89. The minimum Gasteiger partial charge on any atom is -0.394 e. The van der Waals surface area contributed by atoms with Gasteiger partial charge >= 0.3 is 0 Å². The van der Waals surface area contributed by atoms with Crippen molar-refractivity contribution in [2.75, 3.05) is 32.1 Å². The third kappa shape index (κ3) is 3.39. The molecular formula is C9H20N2O4S. The summed E-state index contributed by atoms with van der Waals surface area (Å²) in [5, 5.41) is 8.97. The third-order valence-corrected chi connectivity index (χ3v) is 4.64. The molecule has 1 fully saturated rings. The first-order valence-corrected chi connectivity index (χ1v) is 7.04. The van der Waals surface area contributed by atoms with Gasteiger partial charge in [-0.3, -0.25) is 0 Å². The number of sulfonamides is 1. The van der Waals surface area contributed by atoms with Gasteiger partial charge in [-0.15, -0.1) is 0 Å². The SMILES string of the molecule is CC1COC(CO)CN1S(=O)(=O)CCCN. The van der Waals surface area contributed by atoms with Gasteiger partial charge in [0.2, 0.25) is 10.0 Å². The van der Waals surface area contributed by atoms with E-state index in [9.17, 15) is 8.42 Å². The number of aliphatic hydroxyl groups is 1. The topological polar surface area (TPSA) is 92.9 Å². The van der Waals surface area contributed by atoms with Gasteiger partial charge in [0.25, 0.3) is 0 Å². The fraction of sp³-hybridized carbons (Fsp3) is 1.00. The van der Waals surface area contributed by atoms with Gasteiger partial charge in [0, 0.05) is 12.6 Å². The van der Waals surface area contributed by atoms with Crippen LogP contribution in [0, 0.1) is 0 Å². The molecule has 3 N–H and O–H groups in total. The van der Waals surface area contributed by atoms with Crippen LogP contribution in [0.5, 0.6) is 0 Å². The van der Waals surface area contributed by atoms with Gasteiger partial charge in [0.15, 0.2) is 0 Å². The van der Waals surface area contributed by atoms with E-state index in [1.165, 1.54) is 4.31 Å². The second kappa shape index (κ2) is 5.92. The van der Waals surface area contributed by atoms with E-state index in [4.69, 9.17) is 15.6 Å². The second-order valence-corrected chi connectivity index (χ2v) is 6.06. The van der Waals surface area contributed by atoms with Crippen molar-refractivity contribution in [3.63, 3.8) is 0 Å². The first-order valence-electron chi connectivity index (χ1n) is 5.43. The van der Waals surface area contributed by atoms with Gasteiger partial charge in [0.05, 0.1) is 25.1 Å². The van der Waals surface area contributed by atoms with Crippen LogP contribution in [0.1, 0.15) is 13.3 Å². The molecule has 0 aromatic heterocycles. The molecule has 7 heteroatoms. The van der Waals surface area contributed by atoms with E-state index in [2.05, 4.69) is 0 Å². The minimum absolute atomic E-state index is 0.0615. The van der Waals surface area contributed by atoms with Gasteiger partial charge < -0.3 is 15.6 Å². The molecule has 0 aromatic rings. The summed E-state index contributed by atoms with van der Waals surface area (Å²) in [6.07, 6.45) is 0.0415. The maximum absolute atomic E-state index is 11.9. The Hall–Kier alpha value is -0.210. The van der Waals surface area contributed by atoms with Crippen molar-refractivity contribution in [2.45, 2.75) is 25.5 Å². The van der Waals surface area contributed by atoms with Crippen molar-refractivity contribution >= 4 is 10.0 Å². The highest BCUT2D eigenvalue weighted by atomic mass is 32.2. The van der Waals surface area contributed by atoms with Crippen LogP contribution in [0.15, 0.2) is 0 Å². The van der Waals surface area contributed by atoms with Crippen LogP contribution in [0.4, 0.5) is 0 Å². The van der Waals surface area contributed by atoms with Crippen molar-refractivity contribution in [1.82, 2.24) is 4.31 Å². The molecule has 96 valence electrons. The van der Waals surface area contributed by atoms with Crippen molar-refractivity contribution in [3.05, 3.63) is 0 Å². The van der Waals surface area contributed by atoms with E-state index in [0.717, 1.165) is 0 Å². The zero-order valence-corrected chi connectivity index (χ0v) is 10.3. The van der Waals surface area contributed by atoms with E-state index in [1.807, 2.05) is 0 Å². The zero-order valence-electron chi connectivity index (χ0n) is 9.50. The summed E-state index contributed by atoms with van der Waals surface area (Å²) in [5.41, 5.74) is 5.31. The molecule has 0 aromatic carbocycles. The van der Waals surface area contributed by atoms with Gasteiger partial charge in [-0.1, -0.05) is 0 Å². The van der Waals surface area contributed by atoms with Crippen LogP contribution < -0.4 is 5.73 Å². The molecule has 0 amide bonds. The number of morpholine rings is 1. The fourth-order valence-electron chi connectivity index (χ4n) is 1.67. The minimum atomic E-state index is -3.28. The lowest BCUT2D eigenvalue weighted by molar-refractivity contribution is -0.0516. The number of rotatable bonds is 5. The first-order chi connectivity index (χ1) is 7.51. The molecule has 1 aliphatic heterocycles. The second-order valence-electron chi connectivity index (χ2n) is 4.01. The summed E-state index contributed by atoms with van der Waals surface area (Å²) in [7, 11) is -3.28. The summed E-state index contributed by atoms with van der Waals surface area (Å²) in [4.78, 5) is 0. The summed E-state index contributed by atoms with van der Waals surface area (Å²) >= 11 is 0. The fourth-order valence-corrected chi connectivity index (χ4v) is 3.44. The van der Waals surface area contributed by atoms with E-state index < -0.39 is 16.1 Å². The van der Waals surface area contributed by atoms with E-state index in [-0.39, 0.29) is 24.9 Å². The lowest BCUT2D eigenvalue weighted by atomic mass is 10.2. The normalized spacial score (nSPS) is 28.2. The van der Waals surface area contributed by atoms with Crippen LogP contribution in [0.2, 0.25) is 0 Å².